The molecule has 0 aliphatic rings. The SMILES string of the molecule is CCCCCCCCCC(=O)OC[C@H](COP(=O)(O)OC[C@H](O)COP(=O)(O)OC[C@@H](COC(=O)CCCCCCCCCCCCC(C)C)OC(=O)CCCCCCCCCCCCC(C)CC)OC(=O)CCCCCCCCCC(C)C. The number of aliphatic hydroxyl groups is 1. The highest BCUT2D eigenvalue weighted by Crippen LogP contribution is 2.45. The van der Waals surface area contributed by atoms with Crippen LogP contribution in [-0.4, -0.2) is 96.7 Å². The highest BCUT2D eigenvalue weighted by Gasteiger charge is 2.30. The molecular formula is C65H126O17P2. The molecule has 17 nitrogen and oxygen atoms in total. The standard InChI is InChI=1S/C65H126O17P2/c1-8-10-11-12-22-32-39-46-62(67)75-52-60(82-65(70)49-42-35-28-21-24-30-37-44-57(5)6)54-79-83(71,72)77-50-59(66)51-78-84(73,74)80-55-61(53-76-63(68)47-40-33-26-19-15-13-17-23-29-36-43-56(3)4)81-64(69)48-41-34-27-20-16-14-18-25-31-38-45-58(7)9-2/h56-61,66H,8-55H2,1-7H3,(H,71,72)(H,73,74)/t58?,59-,60+,61+/m0/s1. The molecule has 3 N–H and O–H groups in total. The van der Waals surface area contributed by atoms with E-state index in [1.165, 1.54) is 116 Å². The third kappa shape index (κ3) is 57.8. The van der Waals surface area contributed by atoms with Crippen molar-refractivity contribution >= 4 is 39.5 Å². The van der Waals surface area contributed by atoms with E-state index in [1.54, 1.807) is 0 Å². The van der Waals surface area contributed by atoms with Crippen LogP contribution in [0.5, 0.6) is 0 Å². The van der Waals surface area contributed by atoms with Gasteiger partial charge >= 0.3 is 39.5 Å². The van der Waals surface area contributed by atoms with Crippen LogP contribution in [-0.2, 0) is 65.4 Å². The lowest BCUT2D eigenvalue weighted by Crippen LogP contribution is -2.30. The van der Waals surface area contributed by atoms with E-state index in [0.29, 0.717) is 31.6 Å². The van der Waals surface area contributed by atoms with Crippen LogP contribution < -0.4 is 0 Å². The number of hydrogen-bond donors (Lipinski definition) is 3. The average Bonchev–Trinajstić information content (AvgIpc) is 3.61. The molecule has 0 radical (unpaired) electrons. The van der Waals surface area contributed by atoms with Crippen molar-refractivity contribution in [2.75, 3.05) is 39.6 Å². The summed E-state index contributed by atoms with van der Waals surface area (Å²) in [6.45, 7) is 11.7. The fourth-order valence-electron chi connectivity index (χ4n) is 9.62. The van der Waals surface area contributed by atoms with Crippen LogP contribution in [0.1, 0.15) is 318 Å². The Labute approximate surface area is 511 Å². The summed E-state index contributed by atoms with van der Waals surface area (Å²) < 4.78 is 68.0. The van der Waals surface area contributed by atoms with Gasteiger partial charge in [-0.1, -0.05) is 267 Å². The highest BCUT2D eigenvalue weighted by molar-refractivity contribution is 7.47. The predicted octanol–water partition coefficient (Wildman–Crippen LogP) is 17.9. The molecule has 6 atom stereocenters. The molecular weight excluding hydrogens is 1110 g/mol. The molecule has 0 fully saturated rings. The van der Waals surface area contributed by atoms with Crippen molar-refractivity contribution in [2.45, 2.75) is 336 Å². The molecule has 0 amide bonds. The van der Waals surface area contributed by atoms with Crippen molar-refractivity contribution in [3.63, 3.8) is 0 Å². The summed E-state index contributed by atoms with van der Waals surface area (Å²) >= 11 is 0. The number of carbonyl (C=O) groups is 4. The fourth-order valence-corrected chi connectivity index (χ4v) is 11.2. The first-order valence-corrected chi connectivity index (χ1v) is 36.9. The van der Waals surface area contributed by atoms with E-state index in [9.17, 15) is 43.2 Å². The Morgan fingerprint density at radius 3 is 0.905 bits per heavy atom. The number of phosphoric ester groups is 2. The Bertz CT molecular complexity index is 1670. The van der Waals surface area contributed by atoms with Crippen LogP contribution in [0.2, 0.25) is 0 Å². The number of ether oxygens (including phenoxy) is 4. The third-order valence-corrected chi connectivity index (χ3v) is 17.1. The maximum atomic E-state index is 13.0. The van der Waals surface area contributed by atoms with E-state index < -0.39 is 97.5 Å². The summed E-state index contributed by atoms with van der Waals surface area (Å²) in [5.74, 6) is 0.118. The number of carbonyl (C=O) groups excluding carboxylic acids is 4. The molecule has 0 saturated heterocycles. The van der Waals surface area contributed by atoms with Crippen molar-refractivity contribution in [1.29, 1.82) is 0 Å². The lowest BCUT2D eigenvalue weighted by Gasteiger charge is -2.21. The molecule has 0 aromatic heterocycles. The van der Waals surface area contributed by atoms with E-state index >= 15 is 0 Å². The highest BCUT2D eigenvalue weighted by atomic mass is 31.2. The lowest BCUT2D eigenvalue weighted by molar-refractivity contribution is -0.161. The molecule has 0 bridgehead atoms. The molecule has 0 saturated carbocycles. The zero-order valence-electron chi connectivity index (χ0n) is 54.4. The van der Waals surface area contributed by atoms with Gasteiger partial charge in [0.15, 0.2) is 12.2 Å². The summed E-state index contributed by atoms with van der Waals surface area (Å²) in [6, 6.07) is 0. The number of hydrogen-bond acceptors (Lipinski definition) is 15. The predicted molar refractivity (Wildman–Crippen MR) is 335 cm³/mol. The van der Waals surface area contributed by atoms with E-state index in [4.69, 9.17) is 37.0 Å². The topological polar surface area (TPSA) is 237 Å². The number of unbranched alkanes of at least 4 members (excludes halogenated alkanes) is 30. The second-order valence-corrected chi connectivity index (χ2v) is 27.6. The summed E-state index contributed by atoms with van der Waals surface area (Å²) in [4.78, 5) is 72.2. The number of phosphoric acid groups is 2. The Balaban J connectivity index is 5.23. The van der Waals surface area contributed by atoms with E-state index in [0.717, 1.165) is 115 Å². The molecule has 3 unspecified atom stereocenters. The van der Waals surface area contributed by atoms with Crippen molar-refractivity contribution in [3.05, 3.63) is 0 Å². The second kappa shape index (κ2) is 56.3. The minimum atomic E-state index is -4.95. The summed E-state index contributed by atoms with van der Waals surface area (Å²) in [5.41, 5.74) is 0. The van der Waals surface area contributed by atoms with E-state index in [-0.39, 0.29) is 25.7 Å². The maximum absolute atomic E-state index is 13.0. The largest absolute Gasteiger partial charge is 0.472 e. The summed E-state index contributed by atoms with van der Waals surface area (Å²) in [7, 11) is -9.89. The maximum Gasteiger partial charge on any atom is 0.472 e. The van der Waals surface area contributed by atoms with Gasteiger partial charge < -0.3 is 33.8 Å². The normalized spacial score (nSPS) is 14.7. The van der Waals surface area contributed by atoms with Gasteiger partial charge in [0.1, 0.15) is 19.3 Å². The Morgan fingerprint density at radius 2 is 0.607 bits per heavy atom. The lowest BCUT2D eigenvalue weighted by atomic mass is 9.99. The molecule has 0 aliphatic carbocycles. The van der Waals surface area contributed by atoms with E-state index in [1.807, 2.05) is 0 Å². The molecule has 84 heavy (non-hydrogen) atoms. The Hall–Kier alpha value is -1.94. The van der Waals surface area contributed by atoms with Gasteiger partial charge in [0, 0.05) is 25.7 Å². The van der Waals surface area contributed by atoms with Gasteiger partial charge in [-0.2, -0.15) is 0 Å². The molecule has 498 valence electrons. The third-order valence-electron chi connectivity index (χ3n) is 15.2. The van der Waals surface area contributed by atoms with Crippen LogP contribution >= 0.6 is 15.6 Å². The molecule has 0 heterocycles. The van der Waals surface area contributed by atoms with Crippen LogP contribution in [0, 0.1) is 17.8 Å². The Kier molecular flexibility index (Phi) is 55.0. The van der Waals surface area contributed by atoms with Crippen molar-refractivity contribution < 1.29 is 80.2 Å². The molecule has 0 aromatic rings. The van der Waals surface area contributed by atoms with Crippen LogP contribution in [0.3, 0.4) is 0 Å². The first-order chi connectivity index (χ1) is 40.3. The molecule has 0 spiro atoms. The number of aliphatic hydroxyl groups excluding tert-OH is 1. The fraction of sp³-hybridized carbons (Fsp3) is 0.938. The van der Waals surface area contributed by atoms with Gasteiger partial charge in [0.2, 0.25) is 0 Å². The number of rotatable bonds is 63. The first kappa shape index (κ1) is 82.1. The van der Waals surface area contributed by atoms with E-state index in [2.05, 4.69) is 48.5 Å². The van der Waals surface area contributed by atoms with Gasteiger partial charge in [-0.3, -0.25) is 37.3 Å². The van der Waals surface area contributed by atoms with Crippen LogP contribution in [0.15, 0.2) is 0 Å². The summed E-state index contributed by atoms with van der Waals surface area (Å²) in [6.07, 6.45) is 37.7. The van der Waals surface area contributed by atoms with Gasteiger partial charge in [0.25, 0.3) is 0 Å². The zero-order chi connectivity index (χ0) is 62.4. The monoisotopic (exact) mass is 1240 g/mol. The minimum absolute atomic E-state index is 0.103. The quantitative estimate of drug-likeness (QED) is 0.0222. The molecule has 0 aromatic carbocycles. The van der Waals surface area contributed by atoms with Crippen LogP contribution in [0.25, 0.3) is 0 Å². The van der Waals surface area contributed by atoms with Crippen molar-refractivity contribution in [3.8, 4) is 0 Å². The number of esters is 4. The van der Waals surface area contributed by atoms with Gasteiger partial charge in [-0.25, -0.2) is 9.13 Å². The second-order valence-electron chi connectivity index (χ2n) is 24.7. The van der Waals surface area contributed by atoms with Gasteiger partial charge in [0.05, 0.1) is 26.4 Å². The smallest absolute Gasteiger partial charge is 0.462 e. The van der Waals surface area contributed by atoms with Gasteiger partial charge in [-0.05, 0) is 43.4 Å². The van der Waals surface area contributed by atoms with Crippen molar-refractivity contribution in [2.24, 2.45) is 17.8 Å². The molecule has 0 rings (SSSR count). The van der Waals surface area contributed by atoms with Gasteiger partial charge in [-0.15, -0.1) is 0 Å². The van der Waals surface area contributed by atoms with Crippen LogP contribution in [0.4, 0.5) is 0 Å². The minimum Gasteiger partial charge on any atom is -0.462 e. The molecule has 0 aliphatic heterocycles. The van der Waals surface area contributed by atoms with Crippen molar-refractivity contribution in [1.82, 2.24) is 0 Å². The first-order valence-electron chi connectivity index (χ1n) is 33.9. The Morgan fingerprint density at radius 1 is 0.345 bits per heavy atom. The summed E-state index contributed by atoms with van der Waals surface area (Å²) in [5, 5.41) is 10.5. The average molecular weight is 1240 g/mol. The zero-order valence-corrected chi connectivity index (χ0v) is 56.1. The molecule has 19 heteroatoms.